The van der Waals surface area contributed by atoms with Crippen molar-refractivity contribution < 1.29 is 33.8 Å². The maximum absolute atomic E-state index is 12.5. The van der Waals surface area contributed by atoms with Crippen molar-refractivity contribution in [2.24, 2.45) is 5.41 Å². The molecule has 4 N–H and O–H groups in total. The summed E-state index contributed by atoms with van der Waals surface area (Å²) in [5.74, 6) is -1.78. The first-order valence-electron chi connectivity index (χ1n) is 13.3. The van der Waals surface area contributed by atoms with Crippen LogP contribution in [-0.4, -0.2) is 60.5 Å². The maximum atomic E-state index is 12.5. The summed E-state index contributed by atoms with van der Waals surface area (Å²) in [4.78, 5) is 48.5. The Balaban J connectivity index is 1.45. The van der Waals surface area contributed by atoms with Gasteiger partial charge in [0.15, 0.2) is 0 Å². The van der Waals surface area contributed by atoms with E-state index in [2.05, 4.69) is 16.0 Å². The summed E-state index contributed by atoms with van der Waals surface area (Å²) >= 11 is 0. The predicted octanol–water partition coefficient (Wildman–Crippen LogP) is 4.43. The summed E-state index contributed by atoms with van der Waals surface area (Å²) in [6.07, 6.45) is -1.63. The number of carboxylic acids is 1. The second-order valence-corrected chi connectivity index (χ2v) is 11.7. The van der Waals surface area contributed by atoms with Gasteiger partial charge >= 0.3 is 18.2 Å². The first-order valence-corrected chi connectivity index (χ1v) is 13.3. The highest BCUT2D eigenvalue weighted by molar-refractivity contribution is 5.82. The van der Waals surface area contributed by atoms with Gasteiger partial charge in [0.25, 0.3) is 0 Å². The van der Waals surface area contributed by atoms with Crippen LogP contribution >= 0.6 is 0 Å². The minimum Gasteiger partial charge on any atom is -0.480 e. The third kappa shape index (κ3) is 8.72. The number of carbonyl (C=O) groups is 4. The fraction of sp³-hybridized carbons (Fsp3) is 0.467. The van der Waals surface area contributed by atoms with Gasteiger partial charge in [0.2, 0.25) is 5.91 Å². The standard InChI is InChI=1S/C30H39N3O7/c1-29(2,3)40-27(37)32-18-30(4,5)17-31-25(34)15-14-24(26(35)36)33-28(38)39-16-23-21-12-8-6-10-19(21)20-11-7-9-13-22(20)23/h6-13,23-24H,14-18H2,1-5H3,(H,31,34)(H,32,37)(H,33,38)(H,35,36)/t24-/m0/s1. The number of carbonyl (C=O) groups excluding carboxylic acids is 3. The summed E-state index contributed by atoms with van der Waals surface area (Å²) in [5.41, 5.74) is 3.19. The molecule has 1 atom stereocenters. The van der Waals surface area contributed by atoms with Gasteiger partial charge in [0, 0.05) is 25.4 Å². The number of benzene rings is 2. The van der Waals surface area contributed by atoms with E-state index in [1.165, 1.54) is 0 Å². The van der Waals surface area contributed by atoms with Crippen molar-refractivity contribution in [1.82, 2.24) is 16.0 Å². The molecule has 3 rings (SSSR count). The van der Waals surface area contributed by atoms with Gasteiger partial charge < -0.3 is 30.5 Å². The minimum absolute atomic E-state index is 0.0547. The van der Waals surface area contributed by atoms with E-state index >= 15 is 0 Å². The Kier molecular flexibility index (Phi) is 9.78. The molecule has 10 heteroatoms. The molecule has 216 valence electrons. The summed E-state index contributed by atoms with van der Waals surface area (Å²) in [6.45, 7) is 9.61. The number of amides is 3. The molecule has 0 unspecified atom stereocenters. The van der Waals surface area contributed by atoms with Crippen LogP contribution in [0, 0.1) is 5.41 Å². The number of nitrogens with one attached hydrogen (secondary N) is 3. The van der Waals surface area contributed by atoms with Crippen LogP contribution in [0.25, 0.3) is 11.1 Å². The lowest BCUT2D eigenvalue weighted by Gasteiger charge is -2.27. The van der Waals surface area contributed by atoms with Crippen LogP contribution in [0.3, 0.4) is 0 Å². The molecule has 0 saturated carbocycles. The number of fused-ring (bicyclic) bond motifs is 3. The van der Waals surface area contributed by atoms with Gasteiger partial charge in [-0.1, -0.05) is 62.4 Å². The van der Waals surface area contributed by atoms with Crippen molar-refractivity contribution in [3.05, 3.63) is 59.7 Å². The van der Waals surface area contributed by atoms with Crippen LogP contribution in [-0.2, 0) is 19.1 Å². The number of hydrogen-bond donors (Lipinski definition) is 4. The van der Waals surface area contributed by atoms with E-state index in [4.69, 9.17) is 9.47 Å². The SMILES string of the molecule is CC(C)(CNC(=O)CC[C@H](NC(=O)OCC1c2ccccc2-c2ccccc21)C(=O)O)CNC(=O)OC(C)(C)C. The van der Waals surface area contributed by atoms with Crippen LogP contribution in [0.1, 0.15) is 64.5 Å². The third-order valence-electron chi connectivity index (χ3n) is 6.47. The lowest BCUT2D eigenvalue weighted by Crippen LogP contribution is -2.44. The predicted molar refractivity (Wildman–Crippen MR) is 150 cm³/mol. The van der Waals surface area contributed by atoms with E-state index in [0.29, 0.717) is 0 Å². The molecule has 0 heterocycles. The molecule has 0 fully saturated rings. The zero-order valence-electron chi connectivity index (χ0n) is 23.7. The van der Waals surface area contributed by atoms with E-state index in [0.717, 1.165) is 22.3 Å². The molecule has 2 aromatic rings. The monoisotopic (exact) mass is 553 g/mol. The van der Waals surface area contributed by atoms with Crippen LogP contribution in [0.4, 0.5) is 9.59 Å². The maximum Gasteiger partial charge on any atom is 0.407 e. The lowest BCUT2D eigenvalue weighted by molar-refractivity contribution is -0.139. The third-order valence-corrected chi connectivity index (χ3v) is 6.47. The molecule has 0 saturated heterocycles. The topological polar surface area (TPSA) is 143 Å². The Labute approximate surface area is 234 Å². The summed E-state index contributed by atoms with van der Waals surface area (Å²) in [5, 5.41) is 17.4. The highest BCUT2D eigenvalue weighted by Crippen LogP contribution is 2.44. The Morgan fingerprint density at radius 3 is 1.95 bits per heavy atom. The molecule has 3 amide bonds. The van der Waals surface area contributed by atoms with Gasteiger partial charge in [0.05, 0.1) is 0 Å². The highest BCUT2D eigenvalue weighted by atomic mass is 16.6. The van der Waals surface area contributed by atoms with E-state index < -0.39 is 35.2 Å². The zero-order chi connectivity index (χ0) is 29.5. The Bertz CT molecular complexity index is 1190. The largest absolute Gasteiger partial charge is 0.480 e. The molecule has 0 aromatic heterocycles. The van der Waals surface area contributed by atoms with Gasteiger partial charge in [-0.3, -0.25) is 4.79 Å². The van der Waals surface area contributed by atoms with Crippen molar-refractivity contribution in [2.75, 3.05) is 19.7 Å². The molecule has 0 radical (unpaired) electrons. The van der Waals surface area contributed by atoms with Crippen molar-refractivity contribution in [2.45, 2.75) is 65.0 Å². The van der Waals surface area contributed by atoms with Crippen LogP contribution < -0.4 is 16.0 Å². The molecular formula is C30H39N3O7. The molecular weight excluding hydrogens is 514 g/mol. The first-order chi connectivity index (χ1) is 18.8. The Hall–Kier alpha value is -4.08. The summed E-state index contributed by atoms with van der Waals surface area (Å²) < 4.78 is 10.7. The number of hydrogen-bond acceptors (Lipinski definition) is 6. The molecule has 2 aromatic carbocycles. The number of aliphatic carboxylic acids is 1. The van der Waals surface area contributed by atoms with Crippen LogP contribution in [0.5, 0.6) is 0 Å². The summed E-state index contributed by atoms with van der Waals surface area (Å²) in [7, 11) is 0. The molecule has 0 bridgehead atoms. The Morgan fingerprint density at radius 2 is 1.40 bits per heavy atom. The number of rotatable bonds is 11. The Morgan fingerprint density at radius 1 is 0.850 bits per heavy atom. The van der Waals surface area contributed by atoms with Gasteiger partial charge in [-0.15, -0.1) is 0 Å². The lowest BCUT2D eigenvalue weighted by atomic mass is 9.93. The van der Waals surface area contributed by atoms with Gasteiger partial charge in [-0.25, -0.2) is 14.4 Å². The number of alkyl carbamates (subject to hydrolysis) is 2. The van der Waals surface area contributed by atoms with Crippen molar-refractivity contribution >= 4 is 24.1 Å². The minimum atomic E-state index is -1.29. The molecule has 0 spiro atoms. The van der Waals surface area contributed by atoms with Crippen molar-refractivity contribution in [1.29, 1.82) is 0 Å². The molecule has 40 heavy (non-hydrogen) atoms. The molecule has 1 aliphatic rings. The average molecular weight is 554 g/mol. The van der Waals surface area contributed by atoms with E-state index in [1.54, 1.807) is 20.8 Å². The molecule has 1 aliphatic carbocycles. The average Bonchev–Trinajstić information content (AvgIpc) is 3.20. The number of carboxylic acid groups (broad SMARTS) is 1. The fourth-order valence-corrected chi connectivity index (χ4v) is 4.43. The van der Waals surface area contributed by atoms with Gasteiger partial charge in [-0.2, -0.15) is 0 Å². The fourth-order valence-electron chi connectivity index (χ4n) is 4.43. The molecule has 0 aliphatic heterocycles. The van der Waals surface area contributed by atoms with Crippen LogP contribution in [0.15, 0.2) is 48.5 Å². The van der Waals surface area contributed by atoms with E-state index in [-0.39, 0.29) is 44.4 Å². The van der Waals surface area contributed by atoms with E-state index in [9.17, 15) is 24.3 Å². The summed E-state index contributed by atoms with van der Waals surface area (Å²) in [6, 6.07) is 14.5. The van der Waals surface area contributed by atoms with E-state index in [1.807, 2.05) is 62.4 Å². The quantitative estimate of drug-likeness (QED) is 0.322. The number of ether oxygens (including phenoxy) is 2. The van der Waals surface area contributed by atoms with Crippen molar-refractivity contribution in [3.8, 4) is 11.1 Å². The van der Waals surface area contributed by atoms with Crippen LogP contribution in [0.2, 0.25) is 0 Å². The normalized spacial score (nSPS) is 13.4. The zero-order valence-corrected chi connectivity index (χ0v) is 23.7. The first kappa shape index (κ1) is 30.5. The second kappa shape index (κ2) is 12.8. The molecule has 10 nitrogen and oxygen atoms in total. The van der Waals surface area contributed by atoms with Gasteiger partial charge in [-0.05, 0) is 54.9 Å². The van der Waals surface area contributed by atoms with Gasteiger partial charge in [0.1, 0.15) is 18.2 Å². The highest BCUT2D eigenvalue weighted by Gasteiger charge is 2.30. The smallest absolute Gasteiger partial charge is 0.407 e. The van der Waals surface area contributed by atoms with Crippen molar-refractivity contribution in [3.63, 3.8) is 0 Å². The second-order valence-electron chi connectivity index (χ2n) is 11.7.